The number of aromatic nitrogens is 3. The number of rotatable bonds is 12. The van der Waals surface area contributed by atoms with Crippen LogP contribution >= 0.6 is 11.8 Å². The van der Waals surface area contributed by atoms with Crippen LogP contribution in [0.1, 0.15) is 18.3 Å². The van der Waals surface area contributed by atoms with Gasteiger partial charge in [0.25, 0.3) is 0 Å². The molecule has 0 saturated carbocycles. The maximum absolute atomic E-state index is 6.00. The van der Waals surface area contributed by atoms with E-state index in [9.17, 15) is 0 Å². The molecule has 0 atom stereocenters. The van der Waals surface area contributed by atoms with Crippen LogP contribution in [0.3, 0.4) is 0 Å². The van der Waals surface area contributed by atoms with Crippen molar-refractivity contribution < 1.29 is 14.2 Å². The average molecular weight is 426 g/mol. The topological polar surface area (TPSA) is 58.4 Å². The summed E-state index contributed by atoms with van der Waals surface area (Å²) in [4.78, 5) is 0. The molecule has 0 spiro atoms. The van der Waals surface area contributed by atoms with Gasteiger partial charge in [0.2, 0.25) is 0 Å². The first-order chi connectivity index (χ1) is 14.7. The van der Waals surface area contributed by atoms with Crippen LogP contribution in [0.15, 0.2) is 66.3 Å². The Morgan fingerprint density at radius 3 is 2.63 bits per heavy atom. The van der Waals surface area contributed by atoms with Crippen molar-refractivity contribution in [1.29, 1.82) is 0 Å². The summed E-state index contributed by atoms with van der Waals surface area (Å²) in [6, 6.07) is 15.7. The first kappa shape index (κ1) is 21.8. The lowest BCUT2D eigenvalue weighted by atomic mass is 10.2. The second-order valence-electron chi connectivity index (χ2n) is 6.48. The Balaban J connectivity index is 1.60. The molecule has 0 unspecified atom stereocenters. The van der Waals surface area contributed by atoms with E-state index in [0.717, 1.165) is 33.8 Å². The fourth-order valence-corrected chi connectivity index (χ4v) is 3.58. The first-order valence-electron chi connectivity index (χ1n) is 9.91. The number of allylic oxidation sites excluding steroid dienone is 1. The monoisotopic (exact) mass is 425 g/mol. The van der Waals surface area contributed by atoms with Crippen molar-refractivity contribution in [3.8, 4) is 17.2 Å². The van der Waals surface area contributed by atoms with E-state index in [1.165, 1.54) is 0 Å². The highest BCUT2D eigenvalue weighted by Gasteiger charge is 2.14. The highest BCUT2D eigenvalue weighted by atomic mass is 32.2. The molecular weight excluding hydrogens is 398 g/mol. The summed E-state index contributed by atoms with van der Waals surface area (Å²) in [6.45, 7) is 9.91. The summed E-state index contributed by atoms with van der Waals surface area (Å²) in [6.07, 6.45) is 1.83. The Kier molecular flexibility index (Phi) is 8.20. The van der Waals surface area contributed by atoms with Gasteiger partial charge in [0, 0.05) is 12.3 Å². The van der Waals surface area contributed by atoms with Crippen molar-refractivity contribution in [1.82, 2.24) is 14.8 Å². The number of para-hydroxylation sites is 1. The largest absolute Gasteiger partial charge is 0.493 e. The molecule has 3 aromatic rings. The standard InChI is InChI=1S/C23H27N3O3S/c1-4-13-26-22(17-29-20-12-11-18(3)16-21(20)27-5-2)24-25-23(26)30-15-14-28-19-9-7-6-8-10-19/h4,6-12,16H,1,5,13-15,17H2,2-3H3. The summed E-state index contributed by atoms with van der Waals surface area (Å²) < 4.78 is 19.4. The molecule has 158 valence electrons. The smallest absolute Gasteiger partial charge is 0.191 e. The van der Waals surface area contributed by atoms with Gasteiger partial charge in [-0.15, -0.1) is 16.8 Å². The highest BCUT2D eigenvalue weighted by Crippen LogP contribution is 2.29. The molecule has 2 aromatic carbocycles. The van der Waals surface area contributed by atoms with Gasteiger partial charge in [-0.25, -0.2) is 0 Å². The van der Waals surface area contributed by atoms with Gasteiger partial charge in [-0.2, -0.15) is 0 Å². The van der Waals surface area contributed by atoms with E-state index in [4.69, 9.17) is 14.2 Å². The Bertz CT molecular complexity index is 944. The Hall–Kier alpha value is -2.93. The van der Waals surface area contributed by atoms with Crippen LogP contribution in [0.25, 0.3) is 0 Å². The van der Waals surface area contributed by atoms with Gasteiger partial charge < -0.3 is 14.2 Å². The molecule has 0 fully saturated rings. The Morgan fingerprint density at radius 1 is 1.03 bits per heavy atom. The second-order valence-corrected chi connectivity index (χ2v) is 7.54. The van der Waals surface area contributed by atoms with Gasteiger partial charge in [0.1, 0.15) is 12.4 Å². The van der Waals surface area contributed by atoms with Gasteiger partial charge >= 0.3 is 0 Å². The molecule has 7 heteroatoms. The molecule has 3 rings (SSSR count). The summed E-state index contributed by atoms with van der Waals surface area (Å²) in [7, 11) is 0. The fraction of sp³-hybridized carbons (Fsp3) is 0.304. The van der Waals surface area contributed by atoms with E-state index in [-0.39, 0.29) is 0 Å². The molecule has 0 radical (unpaired) electrons. The molecule has 30 heavy (non-hydrogen) atoms. The van der Waals surface area contributed by atoms with E-state index in [2.05, 4.69) is 16.8 Å². The lowest BCUT2D eigenvalue weighted by molar-refractivity contribution is 0.259. The quantitative estimate of drug-likeness (QED) is 0.233. The molecule has 1 heterocycles. The minimum atomic E-state index is 0.297. The van der Waals surface area contributed by atoms with E-state index >= 15 is 0 Å². The Morgan fingerprint density at radius 2 is 1.87 bits per heavy atom. The minimum Gasteiger partial charge on any atom is -0.493 e. The average Bonchev–Trinajstić information content (AvgIpc) is 3.13. The second kappa shape index (κ2) is 11.3. The van der Waals surface area contributed by atoms with Crippen LogP contribution in [0.5, 0.6) is 17.2 Å². The van der Waals surface area contributed by atoms with Crippen LogP contribution in [0.2, 0.25) is 0 Å². The van der Waals surface area contributed by atoms with Crippen LogP contribution in [0, 0.1) is 6.92 Å². The van der Waals surface area contributed by atoms with E-state index < -0.39 is 0 Å². The number of hydrogen-bond acceptors (Lipinski definition) is 6. The third-order valence-electron chi connectivity index (χ3n) is 4.19. The lowest BCUT2D eigenvalue weighted by Crippen LogP contribution is -2.09. The van der Waals surface area contributed by atoms with Crippen LogP contribution in [-0.2, 0) is 13.2 Å². The molecule has 0 aliphatic rings. The third-order valence-corrected chi connectivity index (χ3v) is 5.12. The summed E-state index contributed by atoms with van der Waals surface area (Å²) in [5.41, 5.74) is 1.12. The van der Waals surface area contributed by atoms with Crippen molar-refractivity contribution in [2.45, 2.75) is 32.2 Å². The van der Waals surface area contributed by atoms with Gasteiger partial charge in [0.05, 0.1) is 13.2 Å². The zero-order valence-corrected chi connectivity index (χ0v) is 18.2. The van der Waals surface area contributed by atoms with Crippen LogP contribution in [-0.4, -0.2) is 33.7 Å². The van der Waals surface area contributed by atoms with E-state index in [1.807, 2.05) is 73.0 Å². The molecule has 0 aliphatic heterocycles. The third kappa shape index (κ3) is 6.03. The maximum Gasteiger partial charge on any atom is 0.191 e. The SMILES string of the molecule is C=CCn1c(COc2ccc(C)cc2OCC)nnc1SCCOc1ccccc1. The summed E-state index contributed by atoms with van der Waals surface area (Å²) in [5.74, 6) is 3.80. The van der Waals surface area contributed by atoms with Gasteiger partial charge in [-0.05, 0) is 43.7 Å². The molecular formula is C23H27N3O3S. The fourth-order valence-electron chi connectivity index (χ4n) is 2.80. The normalized spacial score (nSPS) is 10.6. The van der Waals surface area contributed by atoms with Crippen molar-refractivity contribution in [2.24, 2.45) is 0 Å². The molecule has 0 aliphatic carbocycles. The van der Waals surface area contributed by atoms with Crippen molar-refractivity contribution in [3.63, 3.8) is 0 Å². The Labute approximate surface area is 181 Å². The first-order valence-corrected chi connectivity index (χ1v) is 10.9. The van der Waals surface area contributed by atoms with Gasteiger partial charge in [-0.1, -0.05) is 42.1 Å². The zero-order chi connectivity index (χ0) is 21.2. The lowest BCUT2D eigenvalue weighted by Gasteiger charge is -2.13. The predicted molar refractivity (Wildman–Crippen MR) is 120 cm³/mol. The van der Waals surface area contributed by atoms with Crippen molar-refractivity contribution in [3.05, 3.63) is 72.6 Å². The van der Waals surface area contributed by atoms with Gasteiger partial charge in [0.15, 0.2) is 22.5 Å². The number of thioether (sulfide) groups is 1. The minimum absolute atomic E-state index is 0.297. The zero-order valence-electron chi connectivity index (χ0n) is 17.4. The number of benzene rings is 2. The summed E-state index contributed by atoms with van der Waals surface area (Å²) in [5, 5.41) is 9.46. The van der Waals surface area contributed by atoms with Gasteiger partial charge in [-0.3, -0.25) is 4.57 Å². The summed E-state index contributed by atoms with van der Waals surface area (Å²) >= 11 is 1.60. The molecule has 6 nitrogen and oxygen atoms in total. The van der Waals surface area contributed by atoms with E-state index in [1.54, 1.807) is 11.8 Å². The molecule has 0 N–H and O–H groups in total. The van der Waals surface area contributed by atoms with Crippen molar-refractivity contribution in [2.75, 3.05) is 19.0 Å². The molecule has 0 saturated heterocycles. The highest BCUT2D eigenvalue weighted by molar-refractivity contribution is 7.99. The maximum atomic E-state index is 6.00. The number of ether oxygens (including phenoxy) is 3. The number of hydrogen-bond donors (Lipinski definition) is 0. The molecule has 1 aromatic heterocycles. The number of aryl methyl sites for hydroxylation is 1. The van der Waals surface area contributed by atoms with Crippen LogP contribution < -0.4 is 14.2 Å². The molecule has 0 amide bonds. The predicted octanol–water partition coefficient (Wildman–Crippen LogP) is 4.92. The van der Waals surface area contributed by atoms with Crippen molar-refractivity contribution >= 4 is 11.8 Å². The number of nitrogens with zero attached hydrogens (tertiary/aromatic N) is 3. The molecule has 0 bridgehead atoms. The van der Waals surface area contributed by atoms with Crippen LogP contribution in [0.4, 0.5) is 0 Å². The van der Waals surface area contributed by atoms with E-state index in [0.29, 0.717) is 32.1 Å².